The summed E-state index contributed by atoms with van der Waals surface area (Å²) in [4.78, 5) is 14.4. The summed E-state index contributed by atoms with van der Waals surface area (Å²) in [5.74, 6) is 0.127. The molecule has 1 aliphatic rings. The van der Waals surface area contributed by atoms with Crippen LogP contribution in [0.25, 0.3) is 0 Å². The van der Waals surface area contributed by atoms with Gasteiger partial charge in [0.1, 0.15) is 0 Å². The lowest BCUT2D eigenvalue weighted by molar-refractivity contribution is -0.120. The lowest BCUT2D eigenvalue weighted by Crippen LogP contribution is -2.46. The largest absolute Gasteiger partial charge is 0.325 e. The van der Waals surface area contributed by atoms with Gasteiger partial charge in [-0.3, -0.25) is 4.79 Å². The van der Waals surface area contributed by atoms with E-state index in [0.29, 0.717) is 6.42 Å². The third-order valence-electron chi connectivity index (χ3n) is 3.40. The fourth-order valence-corrected chi connectivity index (χ4v) is 2.54. The van der Waals surface area contributed by atoms with Crippen LogP contribution in [0.5, 0.6) is 0 Å². The molecule has 0 saturated heterocycles. The quantitative estimate of drug-likeness (QED) is 0.871. The van der Waals surface area contributed by atoms with Gasteiger partial charge in [-0.1, -0.05) is 18.2 Å². The summed E-state index contributed by atoms with van der Waals surface area (Å²) < 4.78 is 0. The SMILES string of the molecule is CC1CCc2ccccc2N1C(=O)CC(C)(C)N. The first-order valence-electron chi connectivity index (χ1n) is 6.57. The number of hydrogen-bond acceptors (Lipinski definition) is 2. The molecule has 1 unspecified atom stereocenters. The van der Waals surface area contributed by atoms with Gasteiger partial charge in [-0.2, -0.15) is 0 Å². The van der Waals surface area contributed by atoms with Gasteiger partial charge in [0.05, 0.1) is 0 Å². The van der Waals surface area contributed by atoms with Crippen molar-refractivity contribution in [1.29, 1.82) is 0 Å². The molecule has 0 aliphatic carbocycles. The van der Waals surface area contributed by atoms with Gasteiger partial charge in [0, 0.05) is 23.7 Å². The molecule has 0 radical (unpaired) electrons. The molecule has 3 heteroatoms. The Hall–Kier alpha value is -1.35. The average Bonchev–Trinajstić information content (AvgIpc) is 2.26. The van der Waals surface area contributed by atoms with Crippen LogP contribution in [0.2, 0.25) is 0 Å². The van der Waals surface area contributed by atoms with Gasteiger partial charge in [0.25, 0.3) is 0 Å². The van der Waals surface area contributed by atoms with E-state index in [4.69, 9.17) is 5.73 Å². The topological polar surface area (TPSA) is 46.3 Å². The summed E-state index contributed by atoms with van der Waals surface area (Å²) in [6.07, 6.45) is 2.45. The van der Waals surface area contributed by atoms with E-state index >= 15 is 0 Å². The van der Waals surface area contributed by atoms with Crippen molar-refractivity contribution >= 4 is 11.6 Å². The Labute approximate surface area is 109 Å². The number of nitrogens with zero attached hydrogens (tertiary/aromatic N) is 1. The van der Waals surface area contributed by atoms with Crippen LogP contribution in [0, 0.1) is 0 Å². The van der Waals surface area contributed by atoms with Crippen LogP contribution in [-0.4, -0.2) is 17.5 Å². The van der Waals surface area contributed by atoms with E-state index in [1.54, 1.807) is 0 Å². The Bertz CT molecular complexity index is 448. The Morgan fingerprint density at radius 2 is 2.11 bits per heavy atom. The zero-order valence-corrected chi connectivity index (χ0v) is 11.4. The molecule has 1 amide bonds. The number of hydrogen-bond donors (Lipinski definition) is 1. The summed E-state index contributed by atoms with van der Waals surface area (Å²) in [6, 6.07) is 8.42. The van der Waals surface area contributed by atoms with Gasteiger partial charge in [0.15, 0.2) is 0 Å². The van der Waals surface area contributed by atoms with Crippen molar-refractivity contribution in [2.75, 3.05) is 4.90 Å². The van der Waals surface area contributed by atoms with E-state index in [1.165, 1.54) is 5.56 Å². The maximum absolute atomic E-state index is 12.4. The molecular weight excluding hydrogens is 224 g/mol. The zero-order valence-electron chi connectivity index (χ0n) is 11.4. The number of nitrogens with two attached hydrogens (primary N) is 1. The fraction of sp³-hybridized carbons (Fsp3) is 0.533. The highest BCUT2D eigenvalue weighted by Gasteiger charge is 2.30. The van der Waals surface area contributed by atoms with Gasteiger partial charge in [0.2, 0.25) is 5.91 Å². The molecule has 1 aromatic rings. The molecule has 0 spiro atoms. The first-order valence-corrected chi connectivity index (χ1v) is 6.57. The first-order chi connectivity index (χ1) is 8.38. The highest BCUT2D eigenvalue weighted by Crippen LogP contribution is 2.31. The van der Waals surface area contributed by atoms with Gasteiger partial charge < -0.3 is 10.6 Å². The molecule has 2 rings (SSSR count). The van der Waals surface area contributed by atoms with E-state index < -0.39 is 5.54 Å². The predicted octanol–water partition coefficient (Wildman–Crippen LogP) is 2.48. The highest BCUT2D eigenvalue weighted by atomic mass is 16.2. The first kappa shape index (κ1) is 13.1. The van der Waals surface area contributed by atoms with E-state index in [9.17, 15) is 4.79 Å². The number of carbonyl (C=O) groups is 1. The molecule has 1 atom stereocenters. The van der Waals surface area contributed by atoms with Crippen LogP contribution in [-0.2, 0) is 11.2 Å². The predicted molar refractivity (Wildman–Crippen MR) is 74.6 cm³/mol. The Morgan fingerprint density at radius 3 is 2.78 bits per heavy atom. The standard InChI is InChI=1S/C15H22N2O/c1-11-8-9-12-6-4-5-7-13(12)17(11)14(18)10-15(2,3)16/h4-7,11H,8-10,16H2,1-3H3. The monoisotopic (exact) mass is 246 g/mol. The van der Waals surface area contributed by atoms with E-state index in [0.717, 1.165) is 18.5 Å². The van der Waals surface area contributed by atoms with Crippen molar-refractivity contribution < 1.29 is 4.79 Å². The molecule has 3 nitrogen and oxygen atoms in total. The maximum atomic E-state index is 12.4. The maximum Gasteiger partial charge on any atom is 0.229 e. The van der Waals surface area contributed by atoms with E-state index in [1.807, 2.05) is 36.9 Å². The molecule has 1 aromatic carbocycles. The number of rotatable bonds is 2. The number of aryl methyl sites for hydroxylation is 1. The lowest BCUT2D eigenvalue weighted by atomic mass is 9.94. The number of anilines is 1. The van der Waals surface area contributed by atoms with Crippen molar-refractivity contribution in [3.8, 4) is 0 Å². The lowest BCUT2D eigenvalue weighted by Gasteiger charge is -2.36. The fourth-order valence-electron chi connectivity index (χ4n) is 2.54. The van der Waals surface area contributed by atoms with Crippen molar-refractivity contribution in [3.63, 3.8) is 0 Å². The summed E-state index contributed by atoms with van der Waals surface area (Å²) in [7, 11) is 0. The number of amides is 1. The Morgan fingerprint density at radius 1 is 1.44 bits per heavy atom. The molecule has 1 heterocycles. The van der Waals surface area contributed by atoms with Gasteiger partial charge in [-0.15, -0.1) is 0 Å². The normalized spacial score (nSPS) is 19.6. The summed E-state index contributed by atoms with van der Waals surface area (Å²) in [6.45, 7) is 5.90. The summed E-state index contributed by atoms with van der Waals surface area (Å²) in [5, 5.41) is 0. The Kier molecular flexibility index (Phi) is 3.44. The van der Waals surface area contributed by atoms with Gasteiger partial charge in [-0.25, -0.2) is 0 Å². The molecule has 0 aromatic heterocycles. The van der Waals surface area contributed by atoms with Crippen LogP contribution in [0.4, 0.5) is 5.69 Å². The third kappa shape index (κ3) is 2.72. The molecule has 1 aliphatic heterocycles. The molecule has 2 N–H and O–H groups in total. The van der Waals surface area contributed by atoms with Crippen LogP contribution in [0.15, 0.2) is 24.3 Å². The number of para-hydroxylation sites is 1. The van der Waals surface area contributed by atoms with Crippen LogP contribution in [0.1, 0.15) is 39.2 Å². The van der Waals surface area contributed by atoms with Crippen molar-refractivity contribution in [1.82, 2.24) is 0 Å². The minimum atomic E-state index is -0.455. The van der Waals surface area contributed by atoms with Crippen LogP contribution >= 0.6 is 0 Å². The van der Waals surface area contributed by atoms with Crippen molar-refractivity contribution in [2.24, 2.45) is 5.73 Å². The molecule has 0 fully saturated rings. The second-order valence-corrected chi connectivity index (χ2v) is 5.95. The van der Waals surface area contributed by atoms with Crippen LogP contribution in [0.3, 0.4) is 0 Å². The minimum absolute atomic E-state index is 0.127. The van der Waals surface area contributed by atoms with Crippen molar-refractivity contribution in [3.05, 3.63) is 29.8 Å². The smallest absolute Gasteiger partial charge is 0.229 e. The molecule has 98 valence electrons. The number of carbonyl (C=O) groups excluding carboxylic acids is 1. The van der Waals surface area contributed by atoms with E-state index in [-0.39, 0.29) is 11.9 Å². The summed E-state index contributed by atoms with van der Waals surface area (Å²) >= 11 is 0. The van der Waals surface area contributed by atoms with Gasteiger partial charge in [-0.05, 0) is 45.2 Å². The third-order valence-corrected chi connectivity index (χ3v) is 3.40. The Balaban J connectivity index is 2.29. The second kappa shape index (κ2) is 4.73. The molecule has 18 heavy (non-hydrogen) atoms. The highest BCUT2D eigenvalue weighted by molar-refractivity contribution is 5.95. The zero-order chi connectivity index (χ0) is 13.3. The van der Waals surface area contributed by atoms with E-state index in [2.05, 4.69) is 13.0 Å². The summed E-state index contributed by atoms with van der Waals surface area (Å²) in [5.41, 5.74) is 7.83. The molecular formula is C15H22N2O. The molecule has 0 saturated carbocycles. The average molecular weight is 246 g/mol. The second-order valence-electron chi connectivity index (χ2n) is 5.95. The van der Waals surface area contributed by atoms with Crippen molar-refractivity contribution in [2.45, 2.75) is 51.6 Å². The molecule has 0 bridgehead atoms. The number of fused-ring (bicyclic) bond motifs is 1. The number of benzene rings is 1. The van der Waals surface area contributed by atoms with Gasteiger partial charge >= 0.3 is 0 Å². The van der Waals surface area contributed by atoms with Crippen LogP contribution < -0.4 is 10.6 Å². The minimum Gasteiger partial charge on any atom is -0.325 e.